The Labute approximate surface area is 113 Å². The molecule has 0 aromatic carbocycles. The van der Waals surface area contributed by atoms with Crippen LogP contribution in [0, 0.1) is 10.1 Å². The first-order valence-electron chi connectivity index (χ1n) is 5.14. The Kier molecular flexibility index (Phi) is 5.87. The molecule has 0 aliphatic rings. The van der Waals surface area contributed by atoms with E-state index in [0.717, 1.165) is 12.2 Å². The van der Waals surface area contributed by atoms with Crippen LogP contribution in [-0.2, 0) is 0 Å². The lowest BCUT2D eigenvalue weighted by molar-refractivity contribution is -0.385. The molecule has 0 aliphatic heterocycles. The van der Waals surface area contributed by atoms with Gasteiger partial charge in [0.15, 0.2) is 0 Å². The zero-order valence-electron chi connectivity index (χ0n) is 9.68. The van der Waals surface area contributed by atoms with Gasteiger partial charge >= 0.3 is 5.69 Å². The molecule has 1 amide bonds. The monoisotopic (exact) mass is 289 g/mol. The van der Waals surface area contributed by atoms with Gasteiger partial charge in [0.05, 0.1) is 4.92 Å². The van der Waals surface area contributed by atoms with Gasteiger partial charge in [-0.15, -0.1) is 0 Å². The number of carbonyl (C=O) groups excluding carboxylic acids is 1. The molecule has 1 aromatic heterocycles. The van der Waals surface area contributed by atoms with Crippen LogP contribution in [0.4, 0.5) is 5.69 Å². The number of aromatic nitrogens is 1. The molecular formula is C10H12ClN3O3S. The number of thioether (sulfide) groups is 1. The number of nitrogens with one attached hydrogen (secondary N) is 1. The summed E-state index contributed by atoms with van der Waals surface area (Å²) in [5.74, 6) is 0.409. The number of nitrogens with zero attached hydrogens (tertiary/aromatic N) is 2. The number of hydrogen-bond acceptors (Lipinski definition) is 5. The van der Waals surface area contributed by atoms with Crippen molar-refractivity contribution in [2.45, 2.75) is 6.42 Å². The first-order chi connectivity index (χ1) is 8.57. The first kappa shape index (κ1) is 14.7. The van der Waals surface area contributed by atoms with Crippen molar-refractivity contribution in [3.8, 4) is 0 Å². The highest BCUT2D eigenvalue weighted by atomic mass is 35.5. The van der Waals surface area contributed by atoms with Crippen LogP contribution in [0.15, 0.2) is 12.3 Å². The van der Waals surface area contributed by atoms with Crippen LogP contribution in [-0.4, -0.2) is 34.4 Å². The molecule has 0 fully saturated rings. The second kappa shape index (κ2) is 7.17. The molecule has 0 saturated heterocycles. The Balaban J connectivity index is 2.79. The van der Waals surface area contributed by atoms with E-state index in [2.05, 4.69) is 10.3 Å². The van der Waals surface area contributed by atoms with Gasteiger partial charge in [0.2, 0.25) is 5.15 Å². The number of amides is 1. The molecule has 8 heteroatoms. The Bertz CT molecular complexity index is 456. The highest BCUT2D eigenvalue weighted by molar-refractivity contribution is 7.98. The summed E-state index contributed by atoms with van der Waals surface area (Å²) in [6, 6.07) is 1.29. The minimum absolute atomic E-state index is 0.0656. The van der Waals surface area contributed by atoms with E-state index in [0.29, 0.717) is 6.54 Å². The van der Waals surface area contributed by atoms with Crippen LogP contribution in [0.3, 0.4) is 0 Å². The summed E-state index contributed by atoms with van der Waals surface area (Å²) >= 11 is 7.29. The third kappa shape index (κ3) is 3.85. The molecule has 6 nitrogen and oxygen atoms in total. The molecule has 0 aliphatic carbocycles. The maximum Gasteiger partial charge on any atom is 0.319 e. The molecule has 1 aromatic rings. The van der Waals surface area contributed by atoms with Crippen LogP contribution >= 0.6 is 23.4 Å². The zero-order valence-corrected chi connectivity index (χ0v) is 11.3. The standard InChI is InChI=1S/C10H12ClN3O3S/c1-18-6-2-4-13-10(15)7-3-5-12-9(11)8(7)14(16)17/h3,5H,2,4,6H2,1H3,(H,13,15). The second-order valence-electron chi connectivity index (χ2n) is 3.36. The van der Waals surface area contributed by atoms with Crippen molar-refractivity contribution in [1.29, 1.82) is 0 Å². The molecule has 1 N–H and O–H groups in total. The minimum atomic E-state index is -0.702. The van der Waals surface area contributed by atoms with Crippen LogP contribution in [0.1, 0.15) is 16.8 Å². The van der Waals surface area contributed by atoms with E-state index in [4.69, 9.17) is 11.6 Å². The lowest BCUT2D eigenvalue weighted by Gasteiger charge is -2.05. The normalized spacial score (nSPS) is 10.1. The Morgan fingerprint density at radius 1 is 1.67 bits per heavy atom. The van der Waals surface area contributed by atoms with Crippen molar-refractivity contribution in [2.75, 3.05) is 18.6 Å². The first-order valence-corrected chi connectivity index (χ1v) is 6.91. The van der Waals surface area contributed by atoms with Gasteiger partial charge in [0, 0.05) is 12.7 Å². The summed E-state index contributed by atoms with van der Waals surface area (Å²) < 4.78 is 0. The Morgan fingerprint density at radius 2 is 2.39 bits per heavy atom. The van der Waals surface area contributed by atoms with E-state index >= 15 is 0 Å². The second-order valence-corrected chi connectivity index (χ2v) is 4.70. The predicted molar refractivity (Wildman–Crippen MR) is 71.2 cm³/mol. The summed E-state index contributed by atoms with van der Waals surface area (Å²) in [7, 11) is 0. The van der Waals surface area contributed by atoms with E-state index < -0.39 is 16.5 Å². The lowest BCUT2D eigenvalue weighted by Crippen LogP contribution is -2.25. The minimum Gasteiger partial charge on any atom is -0.352 e. The van der Waals surface area contributed by atoms with E-state index in [1.165, 1.54) is 12.3 Å². The number of halogens is 1. The van der Waals surface area contributed by atoms with E-state index in [1.54, 1.807) is 11.8 Å². The Hall–Kier alpha value is -1.34. The topological polar surface area (TPSA) is 85.1 Å². The third-order valence-corrected chi connectivity index (χ3v) is 3.09. The molecule has 18 heavy (non-hydrogen) atoms. The molecule has 98 valence electrons. The molecular weight excluding hydrogens is 278 g/mol. The fourth-order valence-corrected chi connectivity index (χ4v) is 1.96. The maximum atomic E-state index is 11.8. The van der Waals surface area contributed by atoms with Crippen molar-refractivity contribution in [2.24, 2.45) is 0 Å². The van der Waals surface area contributed by atoms with Crippen LogP contribution in [0.2, 0.25) is 5.15 Å². The largest absolute Gasteiger partial charge is 0.352 e. The highest BCUT2D eigenvalue weighted by Gasteiger charge is 2.24. The summed E-state index contributed by atoms with van der Waals surface area (Å²) in [6.45, 7) is 0.469. The summed E-state index contributed by atoms with van der Waals surface area (Å²) in [5, 5.41) is 13.2. The maximum absolute atomic E-state index is 11.8. The number of carbonyl (C=O) groups is 1. The van der Waals surface area contributed by atoms with Crippen molar-refractivity contribution in [3.63, 3.8) is 0 Å². The van der Waals surface area contributed by atoms with Crippen LogP contribution in [0.25, 0.3) is 0 Å². The quantitative estimate of drug-likeness (QED) is 0.375. The fraction of sp³-hybridized carbons (Fsp3) is 0.400. The molecule has 0 radical (unpaired) electrons. The van der Waals surface area contributed by atoms with E-state index in [9.17, 15) is 14.9 Å². The zero-order chi connectivity index (χ0) is 13.5. The van der Waals surface area contributed by atoms with Gasteiger partial charge in [0.25, 0.3) is 5.91 Å². The van der Waals surface area contributed by atoms with Gasteiger partial charge in [-0.1, -0.05) is 11.6 Å². The lowest BCUT2D eigenvalue weighted by atomic mass is 10.2. The number of nitro groups is 1. The van der Waals surface area contributed by atoms with Crippen LogP contribution < -0.4 is 5.32 Å². The summed E-state index contributed by atoms with van der Waals surface area (Å²) in [6.07, 6.45) is 4.04. The number of hydrogen-bond donors (Lipinski definition) is 1. The van der Waals surface area contributed by atoms with Crippen molar-refractivity contribution >= 4 is 35.0 Å². The predicted octanol–water partition coefficient (Wildman–Crippen LogP) is 2.13. The molecule has 0 bridgehead atoms. The van der Waals surface area contributed by atoms with Gasteiger partial charge in [-0.2, -0.15) is 11.8 Å². The Morgan fingerprint density at radius 3 is 3.00 bits per heavy atom. The molecule has 0 atom stereocenters. The van der Waals surface area contributed by atoms with Crippen LogP contribution in [0.5, 0.6) is 0 Å². The SMILES string of the molecule is CSCCCNC(=O)c1ccnc(Cl)c1[N+](=O)[O-]. The van der Waals surface area contributed by atoms with Crippen molar-refractivity contribution in [1.82, 2.24) is 10.3 Å². The molecule has 1 rings (SSSR count). The van der Waals surface area contributed by atoms with Gasteiger partial charge in [-0.3, -0.25) is 14.9 Å². The van der Waals surface area contributed by atoms with Gasteiger partial charge in [-0.05, 0) is 24.5 Å². The van der Waals surface area contributed by atoms with Gasteiger partial charge in [-0.25, -0.2) is 4.98 Å². The highest BCUT2D eigenvalue weighted by Crippen LogP contribution is 2.25. The molecule has 0 unspecified atom stereocenters. The van der Waals surface area contributed by atoms with Crippen molar-refractivity contribution in [3.05, 3.63) is 33.1 Å². The van der Waals surface area contributed by atoms with Gasteiger partial charge in [0.1, 0.15) is 5.56 Å². The third-order valence-electron chi connectivity index (χ3n) is 2.12. The molecule has 0 spiro atoms. The average molecular weight is 290 g/mol. The molecule has 1 heterocycles. The molecule has 0 saturated carbocycles. The number of pyridine rings is 1. The summed E-state index contributed by atoms with van der Waals surface area (Å²) in [4.78, 5) is 25.5. The fourth-order valence-electron chi connectivity index (χ4n) is 1.30. The number of rotatable bonds is 6. The van der Waals surface area contributed by atoms with Gasteiger partial charge < -0.3 is 5.32 Å². The van der Waals surface area contributed by atoms with Crippen molar-refractivity contribution < 1.29 is 9.72 Å². The average Bonchev–Trinajstić information content (AvgIpc) is 2.33. The smallest absolute Gasteiger partial charge is 0.319 e. The van der Waals surface area contributed by atoms with E-state index in [1.807, 2.05) is 6.26 Å². The summed E-state index contributed by atoms with van der Waals surface area (Å²) in [5.41, 5.74) is -0.523. The van der Waals surface area contributed by atoms with E-state index in [-0.39, 0.29) is 10.7 Å².